The molecule has 0 radical (unpaired) electrons. The molecule has 0 aromatic carbocycles. The van der Waals surface area contributed by atoms with Crippen LogP contribution in [0.3, 0.4) is 0 Å². The molecule has 0 saturated carbocycles. The van der Waals surface area contributed by atoms with Crippen LogP contribution >= 0.6 is 0 Å². The van der Waals surface area contributed by atoms with Crippen LogP contribution in [0.5, 0.6) is 0 Å². The van der Waals surface area contributed by atoms with Crippen molar-refractivity contribution in [3.8, 4) is 0 Å². The molecule has 1 N–H and O–H groups in total. The summed E-state index contributed by atoms with van der Waals surface area (Å²) in [6.45, 7) is 0.369. The first-order chi connectivity index (χ1) is 6.74. The van der Waals surface area contributed by atoms with Crippen molar-refractivity contribution < 1.29 is 14.5 Å². The molecule has 14 heavy (non-hydrogen) atoms. The molecule has 0 amide bonds. The lowest BCUT2D eigenvalue weighted by Gasteiger charge is -1.94. The van der Waals surface area contributed by atoms with E-state index in [1.54, 1.807) is 0 Å². The minimum absolute atomic E-state index is 0.0379. The van der Waals surface area contributed by atoms with Gasteiger partial charge in [-0.1, -0.05) is 4.98 Å². The fraction of sp³-hybridized carbons (Fsp3) is 0.429. The number of carbonyl (C=O) groups excluding carboxylic acids is 1. The van der Waals surface area contributed by atoms with Gasteiger partial charge in [-0.2, -0.15) is 0 Å². The second-order valence-electron chi connectivity index (χ2n) is 2.48. The molecule has 0 aliphatic rings. The number of nitro groups is 1. The van der Waals surface area contributed by atoms with Gasteiger partial charge in [-0.15, -0.1) is 0 Å². The number of aromatic nitrogens is 2. The Bertz CT molecular complexity index is 322. The molecule has 76 valence electrons. The van der Waals surface area contributed by atoms with Gasteiger partial charge in [0.1, 0.15) is 24.8 Å². The quantitative estimate of drug-likeness (QED) is 0.302. The Morgan fingerprint density at radius 1 is 1.71 bits per heavy atom. The summed E-state index contributed by atoms with van der Waals surface area (Å²) < 4.78 is 4.87. The molecule has 0 bridgehead atoms. The molecule has 1 aromatic rings. The van der Waals surface area contributed by atoms with Crippen molar-refractivity contribution in [2.75, 3.05) is 13.2 Å². The minimum Gasteiger partial charge on any atom is -0.390 e. The first kappa shape index (κ1) is 10.3. The Balaban J connectivity index is 2.36. The average Bonchev–Trinajstić information content (AvgIpc) is 2.61. The van der Waals surface area contributed by atoms with E-state index in [0.717, 1.165) is 0 Å². The van der Waals surface area contributed by atoms with Gasteiger partial charge in [0.2, 0.25) is 0 Å². The van der Waals surface area contributed by atoms with Crippen molar-refractivity contribution in [2.24, 2.45) is 0 Å². The van der Waals surface area contributed by atoms with Crippen LogP contribution in [0.4, 0.5) is 5.95 Å². The number of aldehydes is 1. The lowest BCUT2D eigenvalue weighted by atomic mass is 10.3. The predicted molar refractivity (Wildman–Crippen MR) is 45.8 cm³/mol. The highest BCUT2D eigenvalue weighted by molar-refractivity contribution is 5.50. The van der Waals surface area contributed by atoms with E-state index in [2.05, 4.69) is 9.97 Å². The van der Waals surface area contributed by atoms with E-state index < -0.39 is 4.92 Å². The summed E-state index contributed by atoms with van der Waals surface area (Å²) in [6, 6.07) is 0. The molecule has 7 nitrogen and oxygen atoms in total. The summed E-state index contributed by atoms with van der Waals surface area (Å²) in [6.07, 6.45) is 2.49. The highest BCUT2D eigenvalue weighted by Crippen LogP contribution is 2.05. The van der Waals surface area contributed by atoms with Crippen LogP contribution in [-0.4, -0.2) is 34.4 Å². The number of nitrogens with one attached hydrogen (secondary N) is 1. The predicted octanol–water partition coefficient (Wildman–Crippen LogP) is 0.0759. The summed E-state index contributed by atoms with van der Waals surface area (Å²) in [5.74, 6) is -0.282. The zero-order valence-electron chi connectivity index (χ0n) is 7.30. The van der Waals surface area contributed by atoms with E-state index in [9.17, 15) is 14.9 Å². The number of hydrogen-bond acceptors (Lipinski definition) is 5. The largest absolute Gasteiger partial charge is 0.432 e. The lowest BCUT2D eigenvalue weighted by Crippen LogP contribution is -2.01. The van der Waals surface area contributed by atoms with Gasteiger partial charge < -0.3 is 19.6 Å². The number of rotatable bonds is 6. The molecular weight excluding hydrogens is 190 g/mol. The van der Waals surface area contributed by atoms with E-state index >= 15 is 0 Å². The topological polar surface area (TPSA) is 98.1 Å². The molecular formula is C7H9N3O4. The van der Waals surface area contributed by atoms with Crippen LogP contribution in [0.1, 0.15) is 5.69 Å². The SMILES string of the molecule is O=CCOCCc1cnc([N+](=O)[O-])[nH]1. The molecule has 1 rings (SSSR count). The average molecular weight is 199 g/mol. The molecule has 0 fully saturated rings. The molecule has 1 heterocycles. The summed E-state index contributed by atoms with van der Waals surface area (Å²) >= 11 is 0. The van der Waals surface area contributed by atoms with E-state index in [-0.39, 0.29) is 12.6 Å². The second kappa shape index (κ2) is 5.07. The highest BCUT2D eigenvalue weighted by Gasteiger charge is 2.09. The van der Waals surface area contributed by atoms with Gasteiger partial charge in [0.05, 0.1) is 6.61 Å². The van der Waals surface area contributed by atoms with Gasteiger partial charge >= 0.3 is 5.95 Å². The van der Waals surface area contributed by atoms with E-state index in [1.807, 2.05) is 0 Å². The minimum atomic E-state index is -0.601. The Labute approximate surface area is 79.2 Å². The van der Waals surface area contributed by atoms with Crippen molar-refractivity contribution in [1.82, 2.24) is 9.97 Å². The van der Waals surface area contributed by atoms with Crippen molar-refractivity contribution in [1.29, 1.82) is 0 Å². The highest BCUT2D eigenvalue weighted by atomic mass is 16.6. The van der Waals surface area contributed by atoms with Crippen molar-refractivity contribution >= 4 is 12.2 Å². The summed E-state index contributed by atoms with van der Waals surface area (Å²) in [4.78, 5) is 25.5. The lowest BCUT2D eigenvalue weighted by molar-refractivity contribution is -0.393. The number of carbonyl (C=O) groups is 1. The molecule has 0 aliphatic heterocycles. The maximum absolute atomic E-state index is 10.2. The molecule has 0 spiro atoms. The van der Waals surface area contributed by atoms with Crippen molar-refractivity contribution in [3.63, 3.8) is 0 Å². The standard InChI is InChI=1S/C7H9N3O4/c11-2-4-14-3-1-6-5-8-7(9-6)10(12)13/h2,5H,1,3-4H2,(H,8,9). The zero-order valence-corrected chi connectivity index (χ0v) is 7.30. The maximum atomic E-state index is 10.2. The number of hydrogen-bond donors (Lipinski definition) is 1. The van der Waals surface area contributed by atoms with Gasteiger partial charge in [-0.25, -0.2) is 4.98 Å². The van der Waals surface area contributed by atoms with Gasteiger partial charge in [0, 0.05) is 6.42 Å². The van der Waals surface area contributed by atoms with Crippen LogP contribution in [0.2, 0.25) is 0 Å². The third-order valence-electron chi connectivity index (χ3n) is 1.49. The van der Waals surface area contributed by atoms with Gasteiger partial charge in [-0.3, -0.25) is 0 Å². The zero-order chi connectivity index (χ0) is 10.4. The number of ether oxygens (including phenoxy) is 1. The molecule has 0 unspecified atom stereocenters. The summed E-state index contributed by atoms with van der Waals surface area (Å²) in [5, 5.41) is 10.2. The van der Waals surface area contributed by atoms with Gasteiger partial charge in [0.25, 0.3) is 0 Å². The monoisotopic (exact) mass is 199 g/mol. The molecule has 7 heteroatoms. The van der Waals surface area contributed by atoms with Crippen molar-refractivity contribution in [2.45, 2.75) is 6.42 Å². The van der Waals surface area contributed by atoms with Crippen LogP contribution in [-0.2, 0) is 16.0 Å². The molecule has 0 aliphatic carbocycles. The van der Waals surface area contributed by atoms with Crippen LogP contribution in [0.15, 0.2) is 6.20 Å². The Kier molecular flexibility index (Phi) is 3.74. The normalized spacial score (nSPS) is 10.0. The van der Waals surface area contributed by atoms with E-state index in [1.165, 1.54) is 6.20 Å². The first-order valence-electron chi connectivity index (χ1n) is 3.93. The number of nitrogens with zero attached hydrogens (tertiary/aromatic N) is 2. The third-order valence-corrected chi connectivity index (χ3v) is 1.49. The first-order valence-corrected chi connectivity index (χ1v) is 3.93. The van der Waals surface area contributed by atoms with Crippen LogP contribution < -0.4 is 0 Å². The van der Waals surface area contributed by atoms with E-state index in [0.29, 0.717) is 25.0 Å². The Morgan fingerprint density at radius 3 is 3.07 bits per heavy atom. The van der Waals surface area contributed by atoms with Gasteiger partial charge in [-0.05, 0) is 4.92 Å². The number of aromatic amines is 1. The maximum Gasteiger partial charge on any atom is 0.432 e. The number of imidazole rings is 1. The molecule has 0 atom stereocenters. The summed E-state index contributed by atoms with van der Waals surface area (Å²) in [7, 11) is 0. The van der Waals surface area contributed by atoms with Crippen molar-refractivity contribution in [3.05, 3.63) is 22.0 Å². The van der Waals surface area contributed by atoms with Gasteiger partial charge in [0.15, 0.2) is 0 Å². The third kappa shape index (κ3) is 2.94. The molecule has 1 aromatic heterocycles. The number of H-pyrrole nitrogens is 1. The fourth-order valence-electron chi connectivity index (χ4n) is 0.881. The molecule has 0 saturated heterocycles. The summed E-state index contributed by atoms with van der Waals surface area (Å²) in [5.41, 5.74) is 0.614. The van der Waals surface area contributed by atoms with Crippen LogP contribution in [0, 0.1) is 10.1 Å². The van der Waals surface area contributed by atoms with Crippen LogP contribution in [0.25, 0.3) is 0 Å². The second-order valence-corrected chi connectivity index (χ2v) is 2.48. The Hall–Kier alpha value is -1.76. The van der Waals surface area contributed by atoms with E-state index in [4.69, 9.17) is 4.74 Å². The smallest absolute Gasteiger partial charge is 0.390 e. The fourth-order valence-corrected chi connectivity index (χ4v) is 0.881. The Morgan fingerprint density at radius 2 is 2.50 bits per heavy atom.